The monoisotopic (exact) mass is 329 g/mol. The predicted molar refractivity (Wildman–Crippen MR) is 62.9 cm³/mol. The summed E-state index contributed by atoms with van der Waals surface area (Å²) in [4.78, 5) is 0. The lowest BCUT2D eigenvalue weighted by Crippen LogP contribution is -2.28. The molecule has 1 heterocycles. The van der Waals surface area contributed by atoms with Crippen molar-refractivity contribution < 1.29 is 34.7 Å². The Balaban J connectivity index is 2.31. The minimum Gasteiger partial charge on any atom is -0.493 e. The molecule has 10 heteroatoms. The van der Waals surface area contributed by atoms with E-state index in [2.05, 4.69) is 4.18 Å². The van der Waals surface area contributed by atoms with Crippen LogP contribution in [0.1, 0.15) is 17.2 Å². The molecule has 1 unspecified atom stereocenters. The SMILES string of the molecule is O=[S+]C1CCOc2cc(OS(=O)(=O)C(F)(F)F)ccc21. The van der Waals surface area contributed by atoms with Gasteiger partial charge < -0.3 is 8.92 Å². The van der Waals surface area contributed by atoms with Crippen molar-refractivity contribution in [2.75, 3.05) is 6.61 Å². The molecule has 1 aliphatic heterocycles. The summed E-state index contributed by atoms with van der Waals surface area (Å²) >= 11 is 0.343. The largest absolute Gasteiger partial charge is 0.534 e. The van der Waals surface area contributed by atoms with Gasteiger partial charge in [0, 0.05) is 16.7 Å². The highest BCUT2D eigenvalue weighted by Gasteiger charge is 2.48. The number of ether oxygens (including phenoxy) is 1. The number of fused-ring (bicyclic) bond motifs is 1. The maximum absolute atomic E-state index is 12.2. The molecule has 0 spiro atoms. The quantitative estimate of drug-likeness (QED) is 0.483. The molecule has 1 aliphatic rings. The highest BCUT2D eigenvalue weighted by Crippen LogP contribution is 2.37. The Kier molecular flexibility index (Phi) is 3.87. The van der Waals surface area contributed by atoms with Crippen molar-refractivity contribution in [3.8, 4) is 11.5 Å². The number of hydrogen-bond donors (Lipinski definition) is 0. The third kappa shape index (κ3) is 2.85. The van der Waals surface area contributed by atoms with Crippen LogP contribution in [0.5, 0.6) is 11.5 Å². The Hall–Kier alpha value is -1.42. The Morgan fingerprint density at radius 2 is 2.05 bits per heavy atom. The van der Waals surface area contributed by atoms with E-state index in [-0.39, 0.29) is 17.6 Å². The van der Waals surface area contributed by atoms with Crippen LogP contribution in [0.25, 0.3) is 0 Å². The van der Waals surface area contributed by atoms with E-state index < -0.39 is 21.4 Å². The third-order valence-corrected chi connectivity index (χ3v) is 4.28. The van der Waals surface area contributed by atoms with Crippen molar-refractivity contribution >= 4 is 21.8 Å². The highest BCUT2D eigenvalue weighted by atomic mass is 32.2. The standard InChI is InChI=1S/C10H8F3O5S2/c11-10(12,13)20(15,16)18-6-1-2-7-8(5-6)17-4-3-9(7)19-14/h1-2,5,9H,3-4H2/q+1. The van der Waals surface area contributed by atoms with Crippen molar-refractivity contribution in [2.24, 2.45) is 0 Å². The van der Waals surface area contributed by atoms with Crippen LogP contribution in [0.4, 0.5) is 13.2 Å². The molecule has 20 heavy (non-hydrogen) atoms. The smallest absolute Gasteiger partial charge is 0.493 e. The van der Waals surface area contributed by atoms with Crippen molar-refractivity contribution in [1.82, 2.24) is 0 Å². The molecule has 1 atom stereocenters. The molecule has 0 N–H and O–H groups in total. The first-order valence-corrected chi connectivity index (χ1v) is 7.52. The van der Waals surface area contributed by atoms with Crippen LogP contribution in [0.2, 0.25) is 0 Å². The fourth-order valence-electron chi connectivity index (χ4n) is 1.66. The molecule has 2 rings (SSSR count). The molecule has 0 radical (unpaired) electrons. The van der Waals surface area contributed by atoms with Gasteiger partial charge in [-0.25, -0.2) is 0 Å². The second-order valence-corrected chi connectivity index (χ2v) is 6.20. The molecule has 110 valence electrons. The molecule has 1 aromatic carbocycles. The zero-order valence-electron chi connectivity index (χ0n) is 9.72. The van der Waals surface area contributed by atoms with Crippen LogP contribution in [-0.2, 0) is 26.0 Å². The average Bonchev–Trinajstić information content (AvgIpc) is 2.35. The molecule has 0 fully saturated rings. The number of hydrogen-bond acceptors (Lipinski definition) is 5. The number of halogens is 3. The van der Waals surface area contributed by atoms with Crippen molar-refractivity contribution in [3.05, 3.63) is 23.8 Å². The first kappa shape index (κ1) is 15.0. The van der Waals surface area contributed by atoms with Gasteiger partial charge in [0.05, 0.1) is 12.2 Å². The molecule has 0 saturated heterocycles. The molecular weight excluding hydrogens is 321 g/mol. The zero-order valence-corrected chi connectivity index (χ0v) is 11.3. The van der Waals surface area contributed by atoms with Gasteiger partial charge in [-0.2, -0.15) is 21.6 Å². The van der Waals surface area contributed by atoms with E-state index in [4.69, 9.17) is 4.74 Å². The molecule has 0 amide bonds. The van der Waals surface area contributed by atoms with Crippen LogP contribution in [0.15, 0.2) is 18.2 Å². The van der Waals surface area contributed by atoms with E-state index in [1.165, 1.54) is 6.07 Å². The second-order valence-electron chi connectivity index (χ2n) is 3.90. The lowest BCUT2D eigenvalue weighted by atomic mass is 10.1. The Morgan fingerprint density at radius 1 is 1.35 bits per heavy atom. The predicted octanol–water partition coefficient (Wildman–Crippen LogP) is 2.17. The van der Waals surface area contributed by atoms with Gasteiger partial charge in [-0.15, -0.1) is 0 Å². The summed E-state index contributed by atoms with van der Waals surface area (Å²) in [5.74, 6) is -0.364. The highest BCUT2D eigenvalue weighted by molar-refractivity contribution is 7.88. The topological polar surface area (TPSA) is 69.7 Å². The molecular formula is C10H8F3O5S2+. The van der Waals surface area contributed by atoms with Crippen LogP contribution >= 0.6 is 0 Å². The summed E-state index contributed by atoms with van der Waals surface area (Å²) in [5.41, 5.74) is -5.00. The van der Waals surface area contributed by atoms with Gasteiger partial charge in [0.2, 0.25) is 0 Å². The Morgan fingerprint density at radius 3 is 2.65 bits per heavy atom. The molecule has 5 nitrogen and oxygen atoms in total. The number of benzene rings is 1. The van der Waals surface area contributed by atoms with Crippen molar-refractivity contribution in [2.45, 2.75) is 17.2 Å². The summed E-state index contributed by atoms with van der Waals surface area (Å²) in [6.07, 6.45) is 0.474. The first-order valence-electron chi connectivity index (χ1n) is 5.31. The maximum Gasteiger partial charge on any atom is 0.534 e. The van der Waals surface area contributed by atoms with Crippen molar-refractivity contribution in [3.63, 3.8) is 0 Å². The molecule has 0 bridgehead atoms. The number of alkyl halides is 3. The van der Waals surface area contributed by atoms with Crippen LogP contribution < -0.4 is 8.92 Å². The Labute approximate surface area is 116 Å². The summed E-state index contributed by atoms with van der Waals surface area (Å²) in [7, 11) is -5.72. The maximum atomic E-state index is 12.2. The molecule has 1 aromatic rings. The normalized spacial score (nSPS) is 18.9. The number of rotatable bonds is 3. The molecule has 0 aromatic heterocycles. The average molecular weight is 329 g/mol. The second kappa shape index (κ2) is 5.17. The van der Waals surface area contributed by atoms with E-state index in [1.54, 1.807) is 0 Å². The molecule has 0 saturated carbocycles. The van der Waals surface area contributed by atoms with Gasteiger partial charge in [-0.1, -0.05) is 0 Å². The minimum atomic E-state index is -5.72. The van der Waals surface area contributed by atoms with Gasteiger partial charge in [0.15, 0.2) is 0 Å². The Bertz CT molecular complexity index is 626. The van der Waals surface area contributed by atoms with E-state index >= 15 is 0 Å². The van der Waals surface area contributed by atoms with Crippen molar-refractivity contribution in [1.29, 1.82) is 0 Å². The fraction of sp³-hybridized carbons (Fsp3) is 0.400. The third-order valence-electron chi connectivity index (χ3n) is 2.58. The van der Waals surface area contributed by atoms with E-state index in [0.717, 1.165) is 12.1 Å². The van der Waals surface area contributed by atoms with Crippen LogP contribution in [0.3, 0.4) is 0 Å². The summed E-state index contributed by atoms with van der Waals surface area (Å²) in [6.45, 7) is 0.225. The van der Waals surface area contributed by atoms with Gasteiger partial charge >= 0.3 is 27.3 Å². The van der Waals surface area contributed by atoms with Crippen LogP contribution in [0, 0.1) is 0 Å². The van der Waals surface area contributed by atoms with Gasteiger partial charge in [0.1, 0.15) is 11.5 Å². The lowest BCUT2D eigenvalue weighted by molar-refractivity contribution is -0.0500. The molecule has 0 aliphatic carbocycles. The van der Waals surface area contributed by atoms with Gasteiger partial charge in [-0.05, 0) is 12.1 Å². The van der Waals surface area contributed by atoms with Crippen LogP contribution in [-0.4, -0.2) is 20.5 Å². The summed E-state index contributed by atoms with van der Waals surface area (Å²) in [5, 5.41) is -0.382. The van der Waals surface area contributed by atoms with E-state index in [1.807, 2.05) is 0 Å². The minimum absolute atomic E-state index is 0.152. The van der Waals surface area contributed by atoms with Gasteiger partial charge in [-0.3, -0.25) is 0 Å². The summed E-state index contributed by atoms with van der Waals surface area (Å²) < 4.78 is 78.3. The summed E-state index contributed by atoms with van der Waals surface area (Å²) in [6, 6.07) is 3.41. The van der Waals surface area contributed by atoms with E-state index in [0.29, 0.717) is 23.7 Å². The first-order chi connectivity index (χ1) is 9.24. The fourth-order valence-corrected chi connectivity index (χ4v) is 2.61. The lowest BCUT2D eigenvalue weighted by Gasteiger charge is -2.17. The van der Waals surface area contributed by atoms with Gasteiger partial charge in [0.25, 0.3) is 5.25 Å². The van der Waals surface area contributed by atoms with E-state index in [9.17, 15) is 25.8 Å². The zero-order chi connectivity index (χ0) is 15.0.